The number of ketones is 1. The molecule has 0 spiro atoms. The number of carbonyl (C=O) groups is 1. The zero-order chi connectivity index (χ0) is 17.1. The maximum absolute atomic E-state index is 14.1. The van der Waals surface area contributed by atoms with E-state index in [1.54, 1.807) is 0 Å². The molecule has 7 heteroatoms. The Labute approximate surface area is 131 Å². The van der Waals surface area contributed by atoms with E-state index in [2.05, 4.69) is 0 Å². The molecule has 0 aliphatic rings. The molecule has 2 rings (SSSR count). The van der Waals surface area contributed by atoms with Crippen molar-refractivity contribution in [1.29, 1.82) is 0 Å². The fourth-order valence-electron chi connectivity index (χ4n) is 2.11. The average molecular weight is 324 g/mol. The summed E-state index contributed by atoms with van der Waals surface area (Å²) in [5.41, 5.74) is -0.517. The molecule has 0 fully saturated rings. The third kappa shape index (κ3) is 2.77. The topological polar surface area (TPSA) is 65.0 Å². The highest BCUT2D eigenvalue weighted by Crippen LogP contribution is 2.35. The van der Waals surface area contributed by atoms with Crippen LogP contribution < -0.4 is 14.2 Å². The molecular formula is C16H14F2O5. The lowest BCUT2D eigenvalue weighted by Gasteiger charge is -2.13. The Hall–Kier alpha value is -2.83. The van der Waals surface area contributed by atoms with Crippen molar-refractivity contribution in [2.45, 2.75) is 0 Å². The number of carbonyl (C=O) groups excluding carboxylic acids is 1. The summed E-state index contributed by atoms with van der Waals surface area (Å²) in [5, 5.41) is 9.84. The highest BCUT2D eigenvalue weighted by atomic mass is 19.1. The lowest BCUT2D eigenvalue weighted by atomic mass is 10.0. The van der Waals surface area contributed by atoms with Gasteiger partial charge in [-0.05, 0) is 24.3 Å². The summed E-state index contributed by atoms with van der Waals surface area (Å²) in [6.45, 7) is 0. The number of methoxy groups -OCH3 is 3. The molecule has 0 aliphatic carbocycles. The number of hydrogen-bond donors (Lipinski definition) is 1. The first-order valence-electron chi connectivity index (χ1n) is 6.46. The summed E-state index contributed by atoms with van der Waals surface area (Å²) in [6.07, 6.45) is 0. The zero-order valence-corrected chi connectivity index (χ0v) is 12.6. The van der Waals surface area contributed by atoms with Crippen molar-refractivity contribution in [3.8, 4) is 23.0 Å². The Bertz CT molecular complexity index is 759. The third-order valence-corrected chi connectivity index (χ3v) is 3.28. The predicted octanol–water partition coefficient (Wildman–Crippen LogP) is 2.93. The normalized spacial score (nSPS) is 10.3. The number of rotatable bonds is 5. The zero-order valence-electron chi connectivity index (χ0n) is 12.6. The summed E-state index contributed by atoms with van der Waals surface area (Å²) >= 11 is 0. The van der Waals surface area contributed by atoms with E-state index in [-0.39, 0.29) is 28.4 Å². The van der Waals surface area contributed by atoms with Crippen LogP contribution in [0.3, 0.4) is 0 Å². The maximum Gasteiger partial charge on any atom is 0.207 e. The SMILES string of the molecule is COc1ccc(C(=O)c2ccc(OC)c(F)c2OC)c(O)c1F. The van der Waals surface area contributed by atoms with Crippen LogP contribution >= 0.6 is 0 Å². The van der Waals surface area contributed by atoms with Gasteiger partial charge < -0.3 is 19.3 Å². The summed E-state index contributed by atoms with van der Waals surface area (Å²) in [4.78, 5) is 12.5. The lowest BCUT2D eigenvalue weighted by molar-refractivity contribution is 0.103. The molecule has 0 amide bonds. The minimum atomic E-state index is -1.08. The number of halogens is 2. The first-order chi connectivity index (χ1) is 11.0. The van der Waals surface area contributed by atoms with Crippen LogP contribution in [0.1, 0.15) is 15.9 Å². The number of phenols is 1. The Kier molecular flexibility index (Phi) is 4.68. The molecule has 2 aromatic carbocycles. The molecule has 0 unspecified atom stereocenters. The van der Waals surface area contributed by atoms with E-state index < -0.39 is 23.2 Å². The van der Waals surface area contributed by atoms with E-state index in [0.29, 0.717) is 0 Å². The highest BCUT2D eigenvalue weighted by Gasteiger charge is 2.25. The second-order valence-corrected chi connectivity index (χ2v) is 4.47. The quantitative estimate of drug-likeness (QED) is 0.857. The van der Waals surface area contributed by atoms with Crippen molar-refractivity contribution in [2.24, 2.45) is 0 Å². The number of phenolic OH excluding ortho intramolecular Hbond substituents is 1. The van der Waals surface area contributed by atoms with Gasteiger partial charge in [-0.25, -0.2) is 0 Å². The number of hydrogen-bond acceptors (Lipinski definition) is 5. The van der Waals surface area contributed by atoms with Crippen molar-refractivity contribution in [3.05, 3.63) is 47.0 Å². The van der Waals surface area contributed by atoms with Crippen LogP contribution in [0.4, 0.5) is 8.78 Å². The van der Waals surface area contributed by atoms with E-state index in [4.69, 9.17) is 14.2 Å². The van der Waals surface area contributed by atoms with Gasteiger partial charge in [-0.3, -0.25) is 4.79 Å². The average Bonchev–Trinajstić information content (AvgIpc) is 2.56. The molecule has 0 bridgehead atoms. The van der Waals surface area contributed by atoms with Gasteiger partial charge in [0.25, 0.3) is 0 Å². The Morgan fingerprint density at radius 2 is 1.39 bits per heavy atom. The molecule has 0 saturated carbocycles. The van der Waals surface area contributed by atoms with Crippen molar-refractivity contribution in [2.75, 3.05) is 21.3 Å². The highest BCUT2D eigenvalue weighted by molar-refractivity contribution is 6.12. The van der Waals surface area contributed by atoms with Gasteiger partial charge in [0.2, 0.25) is 17.4 Å². The Balaban J connectivity index is 2.58. The van der Waals surface area contributed by atoms with Crippen molar-refractivity contribution >= 4 is 5.78 Å². The van der Waals surface area contributed by atoms with Crippen LogP contribution in [0.5, 0.6) is 23.0 Å². The summed E-state index contributed by atoms with van der Waals surface area (Å²) in [5.74, 6) is -4.31. The van der Waals surface area contributed by atoms with E-state index in [1.807, 2.05) is 0 Å². The van der Waals surface area contributed by atoms with Crippen LogP contribution in [0.15, 0.2) is 24.3 Å². The van der Waals surface area contributed by atoms with Gasteiger partial charge in [-0.15, -0.1) is 0 Å². The molecule has 0 saturated heterocycles. The summed E-state index contributed by atoms with van der Waals surface area (Å²) in [7, 11) is 3.67. The van der Waals surface area contributed by atoms with Crippen LogP contribution in [0.25, 0.3) is 0 Å². The van der Waals surface area contributed by atoms with Crippen LogP contribution in [0.2, 0.25) is 0 Å². The first kappa shape index (κ1) is 16.5. The second-order valence-electron chi connectivity index (χ2n) is 4.47. The van der Waals surface area contributed by atoms with Gasteiger partial charge in [0.1, 0.15) is 0 Å². The molecule has 1 N–H and O–H groups in total. The second kappa shape index (κ2) is 6.51. The molecule has 23 heavy (non-hydrogen) atoms. The number of ether oxygens (including phenoxy) is 3. The summed E-state index contributed by atoms with van der Waals surface area (Å²) < 4.78 is 42.4. The molecule has 0 heterocycles. The van der Waals surface area contributed by atoms with Gasteiger partial charge in [0.05, 0.1) is 32.5 Å². The molecule has 2 aromatic rings. The van der Waals surface area contributed by atoms with Crippen molar-refractivity contribution in [3.63, 3.8) is 0 Å². The van der Waals surface area contributed by atoms with Gasteiger partial charge in [0, 0.05) is 0 Å². The molecule has 0 atom stereocenters. The minimum Gasteiger partial charge on any atom is -0.504 e. The predicted molar refractivity (Wildman–Crippen MR) is 77.6 cm³/mol. The van der Waals surface area contributed by atoms with Gasteiger partial charge in [-0.2, -0.15) is 8.78 Å². The Morgan fingerprint density at radius 3 is 1.91 bits per heavy atom. The molecule has 122 valence electrons. The number of benzene rings is 2. The fourth-order valence-corrected chi connectivity index (χ4v) is 2.11. The maximum atomic E-state index is 14.1. The number of aromatic hydroxyl groups is 1. The molecule has 5 nitrogen and oxygen atoms in total. The lowest BCUT2D eigenvalue weighted by Crippen LogP contribution is -2.07. The van der Waals surface area contributed by atoms with Crippen LogP contribution in [-0.2, 0) is 0 Å². The largest absolute Gasteiger partial charge is 0.504 e. The van der Waals surface area contributed by atoms with Gasteiger partial charge in [-0.1, -0.05) is 0 Å². The van der Waals surface area contributed by atoms with E-state index in [9.17, 15) is 18.7 Å². The van der Waals surface area contributed by atoms with E-state index in [0.717, 1.165) is 0 Å². The minimum absolute atomic E-state index is 0.108. The van der Waals surface area contributed by atoms with Gasteiger partial charge >= 0.3 is 0 Å². The van der Waals surface area contributed by atoms with Crippen molar-refractivity contribution < 1.29 is 32.9 Å². The molecule has 0 aliphatic heterocycles. The van der Waals surface area contributed by atoms with Crippen LogP contribution in [0, 0.1) is 11.6 Å². The summed E-state index contributed by atoms with van der Waals surface area (Å²) in [6, 6.07) is 4.88. The van der Waals surface area contributed by atoms with Gasteiger partial charge in [0.15, 0.2) is 23.0 Å². The van der Waals surface area contributed by atoms with E-state index in [1.165, 1.54) is 45.6 Å². The van der Waals surface area contributed by atoms with Crippen molar-refractivity contribution in [1.82, 2.24) is 0 Å². The fraction of sp³-hybridized carbons (Fsp3) is 0.188. The third-order valence-electron chi connectivity index (χ3n) is 3.28. The monoisotopic (exact) mass is 324 g/mol. The van der Waals surface area contributed by atoms with Crippen LogP contribution in [-0.4, -0.2) is 32.2 Å². The van der Waals surface area contributed by atoms with E-state index >= 15 is 0 Å². The molecule has 0 aromatic heterocycles. The first-order valence-corrected chi connectivity index (χ1v) is 6.46. The molecular weight excluding hydrogens is 310 g/mol. The smallest absolute Gasteiger partial charge is 0.207 e. The molecule has 0 radical (unpaired) electrons. The Morgan fingerprint density at radius 1 is 0.870 bits per heavy atom. The standard InChI is InChI=1S/C16H14F2O5/c1-21-10-6-4-8(15(20)12(10)17)14(19)9-5-7-11(22-2)13(18)16(9)23-3/h4-7,20H,1-3H3.